The van der Waals surface area contributed by atoms with E-state index in [-0.39, 0.29) is 30.0 Å². The minimum absolute atomic E-state index is 0.0726. The van der Waals surface area contributed by atoms with E-state index in [1.807, 2.05) is 32.0 Å². The summed E-state index contributed by atoms with van der Waals surface area (Å²) >= 11 is 0. The van der Waals surface area contributed by atoms with Gasteiger partial charge in [0.25, 0.3) is 10.0 Å². The summed E-state index contributed by atoms with van der Waals surface area (Å²) in [5.74, 6) is 0.111. The number of hydrogen-bond donors (Lipinski definition) is 2. The molecule has 3 aromatic rings. The fourth-order valence-electron chi connectivity index (χ4n) is 3.77. The summed E-state index contributed by atoms with van der Waals surface area (Å²) in [5, 5.41) is 9.44. The number of carbonyl (C=O) groups excluding carboxylic acids is 1. The average Bonchev–Trinajstić information content (AvgIpc) is 3.39. The molecule has 1 fully saturated rings. The molecule has 0 unspecified atom stereocenters. The smallest absolute Gasteiger partial charge is 0.276 e. The molecule has 8 nitrogen and oxygen atoms in total. The number of carbonyl (C=O) groups is 1. The Balaban J connectivity index is 1.39. The molecule has 1 saturated heterocycles. The van der Waals surface area contributed by atoms with Crippen LogP contribution in [0, 0.1) is 19.8 Å². The van der Waals surface area contributed by atoms with E-state index in [9.17, 15) is 13.2 Å². The van der Waals surface area contributed by atoms with E-state index in [0.717, 1.165) is 16.8 Å². The minimum atomic E-state index is -3.75. The van der Waals surface area contributed by atoms with Crippen molar-refractivity contribution in [1.29, 1.82) is 0 Å². The van der Waals surface area contributed by atoms with Crippen LogP contribution in [-0.2, 0) is 14.8 Å². The summed E-state index contributed by atoms with van der Waals surface area (Å²) in [5.41, 5.74) is 3.55. The van der Waals surface area contributed by atoms with Crippen LogP contribution < -0.4 is 5.32 Å². The molecule has 4 rings (SSSR count). The second-order valence-corrected chi connectivity index (χ2v) is 9.50. The average molecular weight is 429 g/mol. The van der Waals surface area contributed by atoms with E-state index in [0.29, 0.717) is 24.3 Å². The zero-order valence-electron chi connectivity index (χ0n) is 16.9. The predicted molar refractivity (Wildman–Crippen MR) is 112 cm³/mol. The summed E-state index contributed by atoms with van der Waals surface area (Å²) in [6.07, 6.45) is 2.49. The van der Waals surface area contributed by atoms with Crippen molar-refractivity contribution in [2.24, 2.45) is 5.92 Å². The number of anilines is 1. The molecule has 2 N–H and O–H groups in total. The van der Waals surface area contributed by atoms with Crippen LogP contribution in [0.3, 0.4) is 0 Å². The standard InChI is InChI=1S/C21H24N4O4S/c1-14-11-15(2)13-17(12-14)23-21(26)16-6-9-25(10-7-16)30(27,28)20-4-3-19(29-20)18-5-8-22-24-18/h3-5,8,11-13,16H,6-7,9-10H2,1-2H3,(H,22,24)(H,23,26). The molecule has 2 aromatic heterocycles. The number of nitrogens with zero attached hydrogens (tertiary/aromatic N) is 2. The van der Waals surface area contributed by atoms with Gasteiger partial charge in [0, 0.05) is 30.9 Å². The summed E-state index contributed by atoms with van der Waals surface area (Å²) in [4.78, 5) is 12.6. The highest BCUT2D eigenvalue weighted by molar-refractivity contribution is 7.89. The highest BCUT2D eigenvalue weighted by atomic mass is 32.2. The van der Waals surface area contributed by atoms with Crippen molar-refractivity contribution in [2.45, 2.75) is 31.8 Å². The van der Waals surface area contributed by atoms with Crippen molar-refractivity contribution in [3.05, 3.63) is 53.7 Å². The van der Waals surface area contributed by atoms with E-state index in [2.05, 4.69) is 15.5 Å². The zero-order chi connectivity index (χ0) is 21.3. The molecule has 9 heteroatoms. The lowest BCUT2D eigenvalue weighted by Crippen LogP contribution is -2.41. The van der Waals surface area contributed by atoms with Gasteiger partial charge in [0.15, 0.2) is 5.76 Å². The molecule has 1 amide bonds. The molecule has 0 spiro atoms. The van der Waals surface area contributed by atoms with Gasteiger partial charge >= 0.3 is 0 Å². The lowest BCUT2D eigenvalue weighted by atomic mass is 9.97. The number of hydrogen-bond acceptors (Lipinski definition) is 5. The van der Waals surface area contributed by atoms with E-state index in [1.165, 1.54) is 10.4 Å². The monoisotopic (exact) mass is 428 g/mol. The Hall–Kier alpha value is -2.91. The van der Waals surface area contributed by atoms with Crippen LogP contribution in [0.5, 0.6) is 0 Å². The van der Waals surface area contributed by atoms with Crippen LogP contribution in [0.15, 0.2) is 52.1 Å². The second-order valence-electron chi connectivity index (χ2n) is 7.63. The van der Waals surface area contributed by atoms with Crippen molar-refractivity contribution >= 4 is 21.6 Å². The van der Waals surface area contributed by atoms with Gasteiger partial charge in [0.2, 0.25) is 11.0 Å². The molecule has 1 aliphatic heterocycles. The maximum atomic E-state index is 12.9. The molecule has 0 aliphatic carbocycles. The first-order chi connectivity index (χ1) is 14.3. The zero-order valence-corrected chi connectivity index (χ0v) is 17.7. The Morgan fingerprint density at radius 1 is 1.13 bits per heavy atom. The first-order valence-electron chi connectivity index (χ1n) is 9.82. The molecule has 0 radical (unpaired) electrons. The van der Waals surface area contributed by atoms with Crippen LogP contribution >= 0.6 is 0 Å². The summed E-state index contributed by atoms with van der Waals surface area (Å²) in [7, 11) is -3.75. The normalized spacial score (nSPS) is 15.9. The molecule has 0 saturated carbocycles. The number of aromatic amines is 1. The summed E-state index contributed by atoms with van der Waals surface area (Å²) < 4.78 is 32.8. The van der Waals surface area contributed by atoms with E-state index >= 15 is 0 Å². The number of aromatic nitrogens is 2. The van der Waals surface area contributed by atoms with Crippen molar-refractivity contribution in [3.63, 3.8) is 0 Å². The maximum Gasteiger partial charge on any atom is 0.276 e. The maximum absolute atomic E-state index is 12.9. The third-order valence-corrected chi connectivity index (χ3v) is 7.03. The summed E-state index contributed by atoms with van der Waals surface area (Å²) in [6, 6.07) is 10.7. The first-order valence-corrected chi connectivity index (χ1v) is 11.3. The van der Waals surface area contributed by atoms with Crippen LogP contribution in [0.2, 0.25) is 0 Å². The minimum Gasteiger partial charge on any atom is -0.442 e. The Morgan fingerprint density at radius 2 is 1.83 bits per heavy atom. The lowest BCUT2D eigenvalue weighted by molar-refractivity contribution is -0.120. The van der Waals surface area contributed by atoms with Crippen LogP contribution in [0.4, 0.5) is 5.69 Å². The molecule has 30 heavy (non-hydrogen) atoms. The van der Waals surface area contributed by atoms with Crippen LogP contribution in [0.25, 0.3) is 11.5 Å². The number of nitrogens with one attached hydrogen (secondary N) is 2. The number of piperidine rings is 1. The van der Waals surface area contributed by atoms with Gasteiger partial charge in [-0.25, -0.2) is 8.42 Å². The third kappa shape index (κ3) is 4.17. The van der Waals surface area contributed by atoms with Gasteiger partial charge in [-0.15, -0.1) is 0 Å². The molecule has 0 atom stereocenters. The SMILES string of the molecule is Cc1cc(C)cc(NC(=O)C2CCN(S(=O)(=O)c3ccc(-c4ccn[nH]4)o3)CC2)c1. The van der Waals surface area contributed by atoms with E-state index in [1.54, 1.807) is 18.3 Å². The quantitative estimate of drug-likeness (QED) is 0.648. The number of aryl methyl sites for hydroxylation is 2. The first kappa shape index (κ1) is 20.4. The van der Waals surface area contributed by atoms with Gasteiger partial charge in [-0.05, 0) is 68.1 Å². The van der Waals surface area contributed by atoms with Crippen LogP contribution in [0.1, 0.15) is 24.0 Å². The molecular weight excluding hydrogens is 404 g/mol. The molecule has 0 bridgehead atoms. The predicted octanol–water partition coefficient (Wildman–Crippen LogP) is 3.33. The fraction of sp³-hybridized carbons (Fsp3) is 0.333. The number of H-pyrrole nitrogens is 1. The molecule has 158 valence electrons. The topological polar surface area (TPSA) is 108 Å². The fourth-order valence-corrected chi connectivity index (χ4v) is 5.15. The van der Waals surface area contributed by atoms with Crippen molar-refractivity contribution in [2.75, 3.05) is 18.4 Å². The highest BCUT2D eigenvalue weighted by Gasteiger charge is 2.34. The molecular formula is C21H24N4O4S. The Labute approximate surface area is 175 Å². The molecule has 3 heterocycles. The van der Waals surface area contributed by atoms with Crippen LogP contribution in [-0.4, -0.2) is 41.9 Å². The Kier molecular flexibility index (Phi) is 5.48. The van der Waals surface area contributed by atoms with Gasteiger partial charge in [0.05, 0.1) is 0 Å². The van der Waals surface area contributed by atoms with Gasteiger partial charge in [-0.2, -0.15) is 9.40 Å². The third-order valence-electron chi connectivity index (χ3n) is 5.26. The Bertz CT molecular complexity index is 1120. The second kappa shape index (κ2) is 8.08. The van der Waals surface area contributed by atoms with Gasteiger partial charge in [-0.1, -0.05) is 6.07 Å². The number of amides is 1. The Morgan fingerprint density at radius 3 is 2.47 bits per heavy atom. The van der Waals surface area contributed by atoms with Crippen molar-refractivity contribution < 1.29 is 17.6 Å². The highest BCUT2D eigenvalue weighted by Crippen LogP contribution is 2.28. The van der Waals surface area contributed by atoms with Gasteiger partial charge < -0.3 is 9.73 Å². The van der Waals surface area contributed by atoms with Gasteiger partial charge in [-0.3, -0.25) is 9.89 Å². The van der Waals surface area contributed by atoms with Crippen molar-refractivity contribution in [3.8, 4) is 11.5 Å². The lowest BCUT2D eigenvalue weighted by Gasteiger charge is -2.29. The number of sulfonamides is 1. The van der Waals surface area contributed by atoms with E-state index < -0.39 is 10.0 Å². The summed E-state index contributed by atoms with van der Waals surface area (Å²) in [6.45, 7) is 4.51. The number of benzene rings is 1. The largest absolute Gasteiger partial charge is 0.442 e. The molecule has 1 aromatic carbocycles. The van der Waals surface area contributed by atoms with Gasteiger partial charge in [0.1, 0.15) is 5.69 Å². The number of furan rings is 1. The van der Waals surface area contributed by atoms with E-state index in [4.69, 9.17) is 4.42 Å². The molecule has 1 aliphatic rings. The number of rotatable bonds is 5. The van der Waals surface area contributed by atoms with Crippen molar-refractivity contribution in [1.82, 2.24) is 14.5 Å².